The molecular weight excluding hydrogens is 567 g/mol. The third kappa shape index (κ3) is 7.49. The van der Waals surface area contributed by atoms with Crippen molar-refractivity contribution in [2.24, 2.45) is 0 Å². The molecule has 1 aliphatic rings. The Bertz CT molecular complexity index is 1590. The second-order valence-corrected chi connectivity index (χ2v) is 10.7. The van der Waals surface area contributed by atoms with Crippen molar-refractivity contribution in [2.45, 2.75) is 65.3 Å². The molecule has 1 amide bonds. The number of hydrogen-bond acceptors (Lipinski definition) is 9. The number of aromatic nitrogens is 5. The van der Waals surface area contributed by atoms with Crippen LogP contribution in [0.15, 0.2) is 40.2 Å². The van der Waals surface area contributed by atoms with Crippen molar-refractivity contribution in [1.82, 2.24) is 29.0 Å². The quantitative estimate of drug-likeness (QED) is 0.291. The fourth-order valence-corrected chi connectivity index (χ4v) is 5.41. The normalized spacial score (nSPS) is 15.6. The van der Waals surface area contributed by atoms with Gasteiger partial charge in [0.2, 0.25) is 6.41 Å². The summed E-state index contributed by atoms with van der Waals surface area (Å²) in [5.41, 5.74) is 0.639. The van der Waals surface area contributed by atoms with E-state index in [4.69, 9.17) is 14.9 Å². The van der Waals surface area contributed by atoms with Crippen LogP contribution in [0, 0.1) is 12.7 Å². The van der Waals surface area contributed by atoms with Gasteiger partial charge in [-0.25, -0.2) is 9.18 Å². The number of carbonyl (C=O) groups is 1. The predicted octanol–water partition coefficient (Wildman–Crippen LogP) is 2.12. The van der Waals surface area contributed by atoms with Crippen molar-refractivity contribution in [3.63, 3.8) is 0 Å². The Morgan fingerprint density at radius 3 is 2.26 bits per heavy atom. The van der Waals surface area contributed by atoms with Crippen LogP contribution in [0.1, 0.15) is 37.8 Å². The highest BCUT2D eigenvalue weighted by molar-refractivity contribution is 7.21. The summed E-state index contributed by atoms with van der Waals surface area (Å²) >= 11 is 1.29. The fraction of sp³-hybridized carbons (Fsp3) is 0.464. The summed E-state index contributed by atoms with van der Waals surface area (Å²) in [5, 5.41) is 26.4. The van der Waals surface area contributed by atoms with Crippen LogP contribution < -0.4 is 16.0 Å². The number of carbonyl (C=O) groups excluding carboxylic acids is 1. The van der Waals surface area contributed by atoms with E-state index in [2.05, 4.69) is 10.2 Å². The van der Waals surface area contributed by atoms with Gasteiger partial charge in [-0.15, -0.1) is 4.80 Å². The Balaban J connectivity index is 0.000000336. The minimum atomic E-state index is -0.397. The van der Waals surface area contributed by atoms with E-state index < -0.39 is 5.69 Å². The maximum Gasteiger partial charge on any atom is 0.332 e. The van der Waals surface area contributed by atoms with Gasteiger partial charge in [0.05, 0.1) is 37.1 Å². The lowest BCUT2D eigenvalue weighted by Gasteiger charge is -2.25. The molecule has 0 aliphatic heterocycles. The fourth-order valence-electron chi connectivity index (χ4n) is 4.18. The molecule has 0 unspecified atom stereocenters. The van der Waals surface area contributed by atoms with Gasteiger partial charge in [-0.3, -0.25) is 18.7 Å². The molecule has 1 saturated carbocycles. The van der Waals surface area contributed by atoms with Crippen molar-refractivity contribution in [1.29, 1.82) is 0 Å². The lowest BCUT2D eigenvalue weighted by molar-refractivity contribution is -0.116. The predicted molar refractivity (Wildman–Crippen MR) is 158 cm³/mol. The van der Waals surface area contributed by atoms with Crippen molar-refractivity contribution < 1.29 is 24.1 Å². The van der Waals surface area contributed by atoms with Gasteiger partial charge in [-0.1, -0.05) is 11.3 Å². The molecule has 12 nitrogen and oxygen atoms in total. The number of halogens is 1. The third-order valence-corrected chi connectivity index (χ3v) is 8.08. The number of fused-ring (bicyclic) bond motifs is 1. The number of thiophene rings is 1. The molecule has 5 rings (SSSR count). The molecule has 0 spiro atoms. The van der Waals surface area contributed by atoms with Gasteiger partial charge in [0, 0.05) is 32.2 Å². The molecule has 1 aromatic carbocycles. The van der Waals surface area contributed by atoms with E-state index in [9.17, 15) is 18.8 Å². The smallest absolute Gasteiger partial charge is 0.332 e. The van der Waals surface area contributed by atoms with Crippen LogP contribution in [0.4, 0.5) is 4.39 Å². The number of nitrogens with zero attached hydrogens (tertiary/aromatic N) is 6. The Morgan fingerprint density at radius 1 is 1.14 bits per heavy atom. The first kappa shape index (κ1) is 32.6. The lowest BCUT2D eigenvalue weighted by atomic mass is 9.93. The zero-order valence-corrected chi connectivity index (χ0v) is 25.2. The average molecular weight is 605 g/mol. The Hall–Kier alpha value is -3.88. The number of aliphatic hydroxyl groups excluding tert-OH is 2. The van der Waals surface area contributed by atoms with E-state index in [-0.39, 0.29) is 36.7 Å². The summed E-state index contributed by atoms with van der Waals surface area (Å²) in [6, 6.07) is 4.29. The number of aryl methyl sites for hydroxylation is 3. The Kier molecular flexibility index (Phi) is 11.5. The molecule has 1 fully saturated rings. The highest BCUT2D eigenvalue weighted by Gasteiger charge is 2.24. The van der Waals surface area contributed by atoms with E-state index in [1.165, 1.54) is 39.9 Å². The molecule has 3 heterocycles. The summed E-state index contributed by atoms with van der Waals surface area (Å²) in [6.45, 7) is 6.82. The zero-order chi connectivity index (χ0) is 31.0. The molecule has 228 valence electrons. The van der Waals surface area contributed by atoms with Gasteiger partial charge in [-0.05, 0) is 63.8 Å². The number of amides is 1. The van der Waals surface area contributed by atoms with Crippen LogP contribution in [-0.2, 0) is 24.3 Å². The molecule has 4 aromatic rings. The number of methoxy groups -OCH3 is 1. The summed E-state index contributed by atoms with van der Waals surface area (Å²) in [5.74, 6) is 0.175. The molecule has 0 saturated heterocycles. The minimum absolute atomic E-state index is 0.208. The van der Waals surface area contributed by atoms with Gasteiger partial charge >= 0.3 is 5.69 Å². The van der Waals surface area contributed by atoms with E-state index in [0.29, 0.717) is 45.8 Å². The maximum absolute atomic E-state index is 13.7. The second kappa shape index (κ2) is 14.8. The highest BCUT2D eigenvalue weighted by atomic mass is 32.1. The van der Waals surface area contributed by atoms with Crippen LogP contribution in [0.2, 0.25) is 0 Å². The number of benzene rings is 1. The molecule has 0 radical (unpaired) electrons. The minimum Gasteiger partial charge on any atom is -0.496 e. The number of rotatable bonds is 8. The van der Waals surface area contributed by atoms with Crippen LogP contribution in [0.25, 0.3) is 15.2 Å². The van der Waals surface area contributed by atoms with Gasteiger partial charge in [-0.2, -0.15) is 10.2 Å². The van der Waals surface area contributed by atoms with Crippen LogP contribution >= 0.6 is 11.3 Å². The van der Waals surface area contributed by atoms with Crippen LogP contribution in [0.3, 0.4) is 0 Å². The van der Waals surface area contributed by atoms with E-state index in [1.807, 2.05) is 13.8 Å². The molecular formula is C28H37FN6O6S. The lowest BCUT2D eigenvalue weighted by Crippen LogP contribution is -2.39. The van der Waals surface area contributed by atoms with Crippen molar-refractivity contribution >= 4 is 28.0 Å². The van der Waals surface area contributed by atoms with Gasteiger partial charge in [0.1, 0.15) is 21.4 Å². The summed E-state index contributed by atoms with van der Waals surface area (Å²) in [6.07, 6.45) is 5.03. The average Bonchev–Trinajstić information content (AvgIpc) is 3.61. The van der Waals surface area contributed by atoms with E-state index in [1.54, 1.807) is 41.9 Å². The SMILES string of the molecule is CCN(C)C=O.CCn1c(=O)c2c(C)c(-n3nccn3)sc2n(CCc2cc(F)ccc2OC)c1=O.OC1CC(O)C1. The topological polar surface area (TPSA) is 145 Å². The molecule has 1 aliphatic carbocycles. The van der Waals surface area contributed by atoms with Gasteiger partial charge in [0.25, 0.3) is 5.56 Å². The first-order valence-corrected chi connectivity index (χ1v) is 14.3. The summed E-state index contributed by atoms with van der Waals surface area (Å²) in [4.78, 5) is 39.3. The molecule has 2 N–H and O–H groups in total. The highest BCUT2D eigenvalue weighted by Crippen LogP contribution is 2.30. The summed E-state index contributed by atoms with van der Waals surface area (Å²) < 4.78 is 21.8. The molecule has 0 atom stereocenters. The van der Waals surface area contributed by atoms with Crippen molar-refractivity contribution in [3.05, 3.63) is 68.4 Å². The first-order valence-electron chi connectivity index (χ1n) is 13.5. The van der Waals surface area contributed by atoms with Crippen LogP contribution in [0.5, 0.6) is 5.75 Å². The first-order chi connectivity index (χ1) is 20.1. The monoisotopic (exact) mass is 604 g/mol. The molecule has 14 heteroatoms. The largest absolute Gasteiger partial charge is 0.496 e. The van der Waals surface area contributed by atoms with E-state index in [0.717, 1.165) is 18.5 Å². The summed E-state index contributed by atoms with van der Waals surface area (Å²) in [7, 11) is 3.26. The maximum atomic E-state index is 13.7. The van der Waals surface area contributed by atoms with Crippen molar-refractivity contribution in [2.75, 3.05) is 20.7 Å². The third-order valence-electron chi connectivity index (χ3n) is 6.80. The number of aliphatic hydroxyl groups is 2. The molecule has 0 bridgehead atoms. The second-order valence-electron chi connectivity index (χ2n) is 9.68. The zero-order valence-electron chi connectivity index (χ0n) is 24.4. The molecule has 42 heavy (non-hydrogen) atoms. The number of hydrogen-bond donors (Lipinski definition) is 2. The standard InChI is InChI=1S/C20H20FN5O3S.C4H9NO.C4H8O2/c1-4-24-17(27)16-12(2)18(26-22-8-9-23-26)30-19(16)25(20(24)28)10-7-13-11-14(21)5-6-15(13)29-3;1-3-5(2)4-6;5-3-1-4(6)2-3/h5-6,8-9,11H,4,7,10H2,1-3H3;4H,3H2,1-2H3;3-6H,1-2H2. The Labute approximate surface area is 246 Å². The van der Waals surface area contributed by atoms with Crippen LogP contribution in [-0.4, -0.2) is 78.6 Å². The van der Waals surface area contributed by atoms with Crippen molar-refractivity contribution in [3.8, 4) is 10.8 Å². The molecule has 3 aromatic heterocycles. The Morgan fingerprint density at radius 2 is 1.79 bits per heavy atom. The number of ether oxygens (including phenoxy) is 1. The van der Waals surface area contributed by atoms with Gasteiger partial charge in [0.15, 0.2) is 0 Å². The van der Waals surface area contributed by atoms with Gasteiger partial charge < -0.3 is 19.8 Å². The van der Waals surface area contributed by atoms with E-state index >= 15 is 0 Å².